The molecule has 10 nitrogen and oxygen atoms in total. The average molecular weight is 429 g/mol. The van der Waals surface area contributed by atoms with E-state index in [0.29, 0.717) is 5.56 Å². The lowest BCUT2D eigenvalue weighted by Gasteiger charge is -2.50. The molecule has 10 heteroatoms. The number of rotatable bonds is 2. The summed E-state index contributed by atoms with van der Waals surface area (Å²) in [6, 6.07) is 2.01. The molecule has 8 N–H and O–H groups in total. The number of nitrogen functional groups attached to an aromatic ring is 1. The molecular formula is C21H23N3O7. The monoisotopic (exact) mass is 429 g/mol. The number of phenols is 1. The fourth-order valence-electron chi connectivity index (χ4n) is 5.23. The molecule has 0 aliphatic heterocycles. The third kappa shape index (κ3) is 2.55. The third-order valence-corrected chi connectivity index (χ3v) is 6.62. The first-order valence-electron chi connectivity index (χ1n) is 9.68. The van der Waals surface area contributed by atoms with Crippen molar-refractivity contribution in [3.63, 3.8) is 0 Å². The number of hydrogen-bond donors (Lipinski definition) is 6. The standard InChI is InChI=1S/C21H23N3O7/c1-24(2)14-9-6-8-5-7-3-4-10(22)15(25)11(7)16(26)12(8)18(28)21(9,31)19(29)13(17(14)27)20(23)30/h3-4,8-9,14,25-26,29,31H,5-6,22H2,1-2H3,(H2,23,30)/t8-,9-,14-,21-/m0/s1. The average Bonchev–Trinajstić information content (AvgIpc) is 2.67. The largest absolute Gasteiger partial charge is 0.508 e. The molecule has 1 saturated carbocycles. The van der Waals surface area contributed by atoms with E-state index in [1.165, 1.54) is 11.0 Å². The molecule has 1 fully saturated rings. The maximum atomic E-state index is 13.5. The second-order valence-electron chi connectivity index (χ2n) is 8.50. The Labute approximate surface area is 177 Å². The Bertz CT molecular complexity index is 1120. The predicted octanol–water partition coefficient (Wildman–Crippen LogP) is -0.454. The third-order valence-electron chi connectivity index (χ3n) is 6.62. The van der Waals surface area contributed by atoms with Crippen molar-refractivity contribution in [2.75, 3.05) is 19.8 Å². The van der Waals surface area contributed by atoms with Crippen LogP contribution in [0.15, 0.2) is 29.0 Å². The van der Waals surface area contributed by atoms with Gasteiger partial charge in [-0.2, -0.15) is 0 Å². The van der Waals surface area contributed by atoms with Crippen molar-refractivity contribution in [3.05, 3.63) is 40.2 Å². The molecule has 4 rings (SSSR count). The van der Waals surface area contributed by atoms with Gasteiger partial charge in [-0.05, 0) is 44.5 Å². The first kappa shape index (κ1) is 20.9. The number of ketones is 2. The fraction of sp³-hybridized carbons (Fsp3) is 0.381. The van der Waals surface area contributed by atoms with Crippen LogP contribution in [0.2, 0.25) is 0 Å². The van der Waals surface area contributed by atoms with Gasteiger partial charge >= 0.3 is 0 Å². The lowest BCUT2D eigenvalue weighted by molar-refractivity contribution is -0.153. The molecule has 1 aromatic rings. The zero-order chi connectivity index (χ0) is 23.0. The molecule has 3 aliphatic rings. The summed E-state index contributed by atoms with van der Waals surface area (Å²) in [5.74, 6) is -6.84. The van der Waals surface area contributed by atoms with Crippen LogP contribution in [0, 0.1) is 11.8 Å². The van der Waals surface area contributed by atoms with Crippen molar-refractivity contribution < 1.29 is 34.8 Å². The summed E-state index contributed by atoms with van der Waals surface area (Å²) < 4.78 is 0. The number of aliphatic hydroxyl groups is 3. The van der Waals surface area contributed by atoms with Crippen LogP contribution in [-0.4, -0.2) is 68.5 Å². The van der Waals surface area contributed by atoms with Gasteiger partial charge in [0.2, 0.25) is 5.78 Å². The molecule has 4 atom stereocenters. The molecule has 0 saturated heterocycles. The zero-order valence-electron chi connectivity index (χ0n) is 16.9. The second kappa shape index (κ2) is 6.56. The minimum absolute atomic E-state index is 0.00103. The zero-order valence-corrected chi connectivity index (χ0v) is 16.9. The van der Waals surface area contributed by atoms with E-state index in [0.717, 1.165) is 0 Å². The normalized spacial score (nSPS) is 30.3. The highest BCUT2D eigenvalue weighted by molar-refractivity contribution is 6.24. The van der Waals surface area contributed by atoms with Gasteiger partial charge in [0.05, 0.1) is 17.3 Å². The van der Waals surface area contributed by atoms with Gasteiger partial charge in [-0.3, -0.25) is 19.3 Å². The van der Waals surface area contributed by atoms with Gasteiger partial charge in [0.1, 0.15) is 22.8 Å². The second-order valence-corrected chi connectivity index (χ2v) is 8.50. The number of Topliss-reactive ketones (excluding diaryl/α,β-unsaturated/α-hetero) is 2. The molecule has 0 bridgehead atoms. The minimum atomic E-state index is -2.64. The summed E-state index contributed by atoms with van der Waals surface area (Å²) in [5.41, 5.74) is 7.85. The quantitative estimate of drug-likeness (QED) is 0.205. The SMILES string of the molecule is CN(C)[C@@H]1C(=O)C(C(N)=O)=C(O)[C@@]2(O)C(=O)C3=C(O)c4c(ccc(N)c4O)C[C@H]3C[C@@H]12. The van der Waals surface area contributed by atoms with E-state index in [-0.39, 0.29) is 29.7 Å². The van der Waals surface area contributed by atoms with Crippen LogP contribution in [0.3, 0.4) is 0 Å². The summed E-state index contributed by atoms with van der Waals surface area (Å²) in [6.45, 7) is 0. The Kier molecular flexibility index (Phi) is 4.42. The number of hydrogen-bond acceptors (Lipinski definition) is 9. The van der Waals surface area contributed by atoms with Crippen molar-refractivity contribution in [2.45, 2.75) is 24.5 Å². The van der Waals surface area contributed by atoms with Crippen molar-refractivity contribution in [2.24, 2.45) is 17.6 Å². The summed E-state index contributed by atoms with van der Waals surface area (Å²) in [7, 11) is 3.10. The number of amides is 1. The van der Waals surface area contributed by atoms with Crippen LogP contribution in [0.5, 0.6) is 5.75 Å². The molecule has 0 heterocycles. The molecule has 0 radical (unpaired) electrons. The highest BCUT2D eigenvalue weighted by Crippen LogP contribution is 2.52. The molecule has 164 valence electrons. The van der Waals surface area contributed by atoms with Crippen LogP contribution in [0.4, 0.5) is 5.69 Å². The van der Waals surface area contributed by atoms with E-state index in [4.69, 9.17) is 11.5 Å². The van der Waals surface area contributed by atoms with Crippen molar-refractivity contribution in [1.29, 1.82) is 0 Å². The first-order chi connectivity index (χ1) is 14.4. The van der Waals surface area contributed by atoms with Crippen LogP contribution >= 0.6 is 0 Å². The molecular weight excluding hydrogens is 406 g/mol. The molecule has 1 amide bonds. The van der Waals surface area contributed by atoms with Crippen LogP contribution in [0.25, 0.3) is 5.76 Å². The van der Waals surface area contributed by atoms with Gasteiger partial charge in [0.25, 0.3) is 5.91 Å². The minimum Gasteiger partial charge on any atom is -0.508 e. The smallest absolute Gasteiger partial charge is 0.255 e. The van der Waals surface area contributed by atoms with E-state index in [1.807, 2.05) is 0 Å². The lowest BCUT2D eigenvalue weighted by Crippen LogP contribution is -2.65. The van der Waals surface area contributed by atoms with Crippen LogP contribution in [0.1, 0.15) is 17.5 Å². The van der Waals surface area contributed by atoms with Gasteiger partial charge in [-0.15, -0.1) is 0 Å². The Hall–Kier alpha value is -3.37. The van der Waals surface area contributed by atoms with Crippen molar-refractivity contribution >= 4 is 28.9 Å². The number of benzene rings is 1. The number of aromatic hydroxyl groups is 1. The molecule has 0 spiro atoms. The number of phenolic OH excluding ortho intramolecular Hbond substituents is 1. The summed E-state index contributed by atoms with van der Waals surface area (Å²) in [6.07, 6.45) is 0.291. The number of aliphatic hydroxyl groups excluding tert-OH is 2. The molecule has 31 heavy (non-hydrogen) atoms. The number of nitrogens with two attached hydrogens (primary N) is 2. The Morgan fingerprint density at radius 1 is 1.19 bits per heavy atom. The topological polar surface area (TPSA) is 187 Å². The number of carbonyl (C=O) groups is 3. The predicted molar refractivity (Wildman–Crippen MR) is 109 cm³/mol. The maximum Gasteiger partial charge on any atom is 0.255 e. The Morgan fingerprint density at radius 3 is 2.42 bits per heavy atom. The number of carbonyl (C=O) groups excluding carboxylic acids is 3. The van der Waals surface area contributed by atoms with Gasteiger partial charge in [-0.25, -0.2) is 0 Å². The number of nitrogens with zero attached hydrogens (tertiary/aromatic N) is 1. The molecule has 0 unspecified atom stereocenters. The Morgan fingerprint density at radius 2 is 1.84 bits per heavy atom. The van der Waals surface area contributed by atoms with E-state index in [2.05, 4.69) is 0 Å². The van der Waals surface area contributed by atoms with E-state index in [9.17, 15) is 34.8 Å². The molecule has 3 aliphatic carbocycles. The van der Waals surface area contributed by atoms with Crippen LogP contribution in [-0.2, 0) is 20.8 Å². The van der Waals surface area contributed by atoms with Gasteiger partial charge in [0.15, 0.2) is 11.4 Å². The Balaban J connectivity index is 1.98. The number of anilines is 1. The number of fused-ring (bicyclic) bond motifs is 3. The van der Waals surface area contributed by atoms with Crippen molar-refractivity contribution in [3.8, 4) is 5.75 Å². The van der Waals surface area contributed by atoms with Gasteiger partial charge in [-0.1, -0.05) is 6.07 Å². The van der Waals surface area contributed by atoms with Gasteiger partial charge in [0, 0.05) is 11.5 Å². The number of likely N-dealkylation sites (N-methyl/N-ethyl adjacent to an activating group) is 1. The van der Waals surface area contributed by atoms with E-state index >= 15 is 0 Å². The lowest BCUT2D eigenvalue weighted by atomic mass is 9.57. The van der Waals surface area contributed by atoms with Gasteiger partial charge < -0.3 is 31.9 Å². The van der Waals surface area contributed by atoms with E-state index in [1.54, 1.807) is 20.2 Å². The fourth-order valence-corrected chi connectivity index (χ4v) is 5.23. The molecule has 1 aromatic carbocycles. The summed E-state index contributed by atoms with van der Waals surface area (Å²) >= 11 is 0. The highest BCUT2D eigenvalue weighted by atomic mass is 16.3. The van der Waals surface area contributed by atoms with Crippen LogP contribution < -0.4 is 11.5 Å². The number of primary amides is 1. The first-order valence-corrected chi connectivity index (χ1v) is 9.68. The maximum absolute atomic E-state index is 13.5. The molecule has 0 aromatic heterocycles. The summed E-state index contributed by atoms with van der Waals surface area (Å²) in [5, 5.41) is 43.4. The summed E-state index contributed by atoms with van der Waals surface area (Å²) in [4.78, 5) is 39.8. The highest BCUT2D eigenvalue weighted by Gasteiger charge is 2.64. The van der Waals surface area contributed by atoms with Crippen molar-refractivity contribution in [1.82, 2.24) is 4.90 Å². The van der Waals surface area contributed by atoms with E-state index < -0.39 is 63.8 Å².